The van der Waals surface area contributed by atoms with Gasteiger partial charge in [-0.1, -0.05) is 40.0 Å². The van der Waals surface area contributed by atoms with Crippen molar-refractivity contribution in [3.05, 3.63) is 0 Å². The summed E-state index contributed by atoms with van der Waals surface area (Å²) < 4.78 is 5.62. The maximum Gasteiger partial charge on any atom is 0.155 e. The summed E-state index contributed by atoms with van der Waals surface area (Å²) in [7, 11) is 0. The molecule has 84 valence electrons. The number of aliphatic hydroxyl groups excluding tert-OH is 1. The van der Waals surface area contributed by atoms with Gasteiger partial charge >= 0.3 is 0 Å². The molecule has 0 amide bonds. The largest absolute Gasteiger partial charge is 0.368 e. The Morgan fingerprint density at radius 3 is 2.29 bits per heavy atom. The van der Waals surface area contributed by atoms with E-state index in [-0.39, 0.29) is 5.41 Å². The number of rotatable bonds is 3. The molecule has 1 N–H and O–H groups in total. The highest BCUT2D eigenvalue weighted by Gasteiger charge is 2.21. The van der Waals surface area contributed by atoms with Crippen LogP contribution < -0.4 is 0 Å². The van der Waals surface area contributed by atoms with Crippen molar-refractivity contribution < 1.29 is 9.84 Å². The molecule has 2 nitrogen and oxygen atoms in total. The SMILES string of the molecule is CC(C)(C)CC(O)OC1CCCCC1. The first kappa shape index (κ1) is 12.0. The second kappa shape index (κ2) is 5.13. The van der Waals surface area contributed by atoms with E-state index in [1.807, 2.05) is 0 Å². The molecule has 0 aromatic carbocycles. The first-order valence-corrected chi connectivity index (χ1v) is 5.81. The van der Waals surface area contributed by atoms with E-state index in [0.29, 0.717) is 6.10 Å². The van der Waals surface area contributed by atoms with Crippen molar-refractivity contribution in [3.8, 4) is 0 Å². The van der Waals surface area contributed by atoms with E-state index in [2.05, 4.69) is 20.8 Å². The molecule has 0 saturated heterocycles. The van der Waals surface area contributed by atoms with Crippen molar-refractivity contribution >= 4 is 0 Å². The lowest BCUT2D eigenvalue weighted by Crippen LogP contribution is -2.27. The zero-order chi connectivity index (χ0) is 10.6. The minimum absolute atomic E-state index is 0.147. The van der Waals surface area contributed by atoms with Crippen molar-refractivity contribution in [3.63, 3.8) is 0 Å². The second-order valence-electron chi connectivity index (χ2n) is 5.62. The molecule has 1 aliphatic carbocycles. The average molecular weight is 200 g/mol. The second-order valence-corrected chi connectivity index (χ2v) is 5.62. The third-order valence-corrected chi connectivity index (χ3v) is 2.69. The minimum atomic E-state index is -0.571. The predicted molar refractivity (Wildman–Crippen MR) is 58.0 cm³/mol. The molecule has 1 aliphatic rings. The fourth-order valence-electron chi connectivity index (χ4n) is 2.00. The lowest BCUT2D eigenvalue weighted by molar-refractivity contribution is -0.157. The summed E-state index contributed by atoms with van der Waals surface area (Å²) in [6.07, 6.45) is 6.56. The molecule has 1 saturated carbocycles. The van der Waals surface area contributed by atoms with Crippen LogP contribution >= 0.6 is 0 Å². The molecular formula is C12H24O2. The van der Waals surface area contributed by atoms with Gasteiger partial charge in [-0.2, -0.15) is 0 Å². The Labute approximate surface area is 87.7 Å². The lowest BCUT2D eigenvalue weighted by atomic mass is 9.92. The first-order valence-electron chi connectivity index (χ1n) is 5.81. The number of hydrogen-bond donors (Lipinski definition) is 1. The van der Waals surface area contributed by atoms with Crippen molar-refractivity contribution in [2.24, 2.45) is 5.41 Å². The number of hydrogen-bond acceptors (Lipinski definition) is 2. The maximum atomic E-state index is 9.71. The highest BCUT2D eigenvalue weighted by Crippen LogP contribution is 2.25. The Morgan fingerprint density at radius 2 is 1.79 bits per heavy atom. The fourth-order valence-corrected chi connectivity index (χ4v) is 2.00. The van der Waals surface area contributed by atoms with Gasteiger partial charge in [-0.15, -0.1) is 0 Å². The van der Waals surface area contributed by atoms with Crippen LogP contribution in [0.4, 0.5) is 0 Å². The Hall–Kier alpha value is -0.0800. The molecule has 1 unspecified atom stereocenters. The Bertz CT molecular complexity index is 154. The highest BCUT2D eigenvalue weighted by molar-refractivity contribution is 4.68. The minimum Gasteiger partial charge on any atom is -0.368 e. The van der Waals surface area contributed by atoms with Gasteiger partial charge in [-0.25, -0.2) is 0 Å². The van der Waals surface area contributed by atoms with Crippen LogP contribution in [0.25, 0.3) is 0 Å². The third-order valence-electron chi connectivity index (χ3n) is 2.69. The predicted octanol–water partition coefficient (Wildman–Crippen LogP) is 3.09. The van der Waals surface area contributed by atoms with E-state index < -0.39 is 6.29 Å². The van der Waals surface area contributed by atoms with Crippen molar-refractivity contribution in [1.29, 1.82) is 0 Å². The lowest BCUT2D eigenvalue weighted by Gasteiger charge is -2.28. The molecule has 0 heterocycles. The summed E-state index contributed by atoms with van der Waals surface area (Å²) in [5, 5.41) is 9.71. The summed E-state index contributed by atoms with van der Waals surface area (Å²) in [6.45, 7) is 6.38. The highest BCUT2D eigenvalue weighted by atomic mass is 16.6. The van der Waals surface area contributed by atoms with Crippen LogP contribution in [0.2, 0.25) is 0 Å². The van der Waals surface area contributed by atoms with Crippen LogP contribution in [0.1, 0.15) is 59.3 Å². The quantitative estimate of drug-likeness (QED) is 0.709. The average Bonchev–Trinajstić information content (AvgIpc) is 2.02. The Balaban J connectivity index is 2.21. The molecule has 0 bridgehead atoms. The van der Waals surface area contributed by atoms with E-state index >= 15 is 0 Å². The molecule has 1 rings (SSSR count). The van der Waals surface area contributed by atoms with E-state index in [0.717, 1.165) is 19.3 Å². The van der Waals surface area contributed by atoms with Crippen molar-refractivity contribution in [2.45, 2.75) is 71.7 Å². The summed E-state index contributed by atoms with van der Waals surface area (Å²) in [5.41, 5.74) is 0.147. The zero-order valence-electron chi connectivity index (χ0n) is 9.75. The topological polar surface area (TPSA) is 29.5 Å². The number of aliphatic hydroxyl groups is 1. The standard InChI is InChI=1S/C12H24O2/c1-12(2,3)9-11(13)14-10-7-5-4-6-8-10/h10-11,13H,4-9H2,1-3H3. The molecule has 0 aromatic heterocycles. The molecule has 1 atom stereocenters. The van der Waals surface area contributed by atoms with Crippen LogP contribution in [0, 0.1) is 5.41 Å². The van der Waals surface area contributed by atoms with Gasteiger partial charge in [0.1, 0.15) is 0 Å². The van der Waals surface area contributed by atoms with E-state index in [1.165, 1.54) is 19.3 Å². The summed E-state index contributed by atoms with van der Waals surface area (Å²) in [6, 6.07) is 0. The molecule has 2 heteroatoms. The molecule has 0 aromatic rings. The van der Waals surface area contributed by atoms with E-state index in [4.69, 9.17) is 4.74 Å². The van der Waals surface area contributed by atoms with Crippen molar-refractivity contribution in [2.75, 3.05) is 0 Å². The summed E-state index contributed by atoms with van der Waals surface area (Å²) in [5.74, 6) is 0. The first-order chi connectivity index (χ1) is 6.47. The normalized spacial score (nSPS) is 22.3. The van der Waals surface area contributed by atoms with E-state index in [1.54, 1.807) is 0 Å². The van der Waals surface area contributed by atoms with Gasteiger partial charge in [-0.05, 0) is 18.3 Å². The third kappa shape index (κ3) is 4.97. The monoisotopic (exact) mass is 200 g/mol. The molecule has 0 radical (unpaired) electrons. The molecule has 14 heavy (non-hydrogen) atoms. The van der Waals surface area contributed by atoms with Crippen molar-refractivity contribution in [1.82, 2.24) is 0 Å². The summed E-state index contributed by atoms with van der Waals surface area (Å²) >= 11 is 0. The van der Waals surface area contributed by atoms with Crippen LogP contribution in [0.3, 0.4) is 0 Å². The van der Waals surface area contributed by atoms with Gasteiger partial charge < -0.3 is 9.84 Å². The molecular weight excluding hydrogens is 176 g/mol. The van der Waals surface area contributed by atoms with Gasteiger partial charge in [0, 0.05) is 6.42 Å². The van der Waals surface area contributed by atoms with Crippen LogP contribution in [0.5, 0.6) is 0 Å². The fraction of sp³-hybridized carbons (Fsp3) is 1.00. The van der Waals surface area contributed by atoms with Crippen LogP contribution in [0.15, 0.2) is 0 Å². The van der Waals surface area contributed by atoms with Gasteiger partial charge in [0.2, 0.25) is 0 Å². The zero-order valence-corrected chi connectivity index (χ0v) is 9.75. The Kier molecular flexibility index (Phi) is 4.39. The van der Waals surface area contributed by atoms with Crippen LogP contribution in [-0.2, 0) is 4.74 Å². The van der Waals surface area contributed by atoms with Gasteiger partial charge in [0.05, 0.1) is 6.10 Å². The Morgan fingerprint density at radius 1 is 1.21 bits per heavy atom. The van der Waals surface area contributed by atoms with Crippen LogP contribution in [-0.4, -0.2) is 17.5 Å². The maximum absolute atomic E-state index is 9.71. The van der Waals surface area contributed by atoms with Gasteiger partial charge in [-0.3, -0.25) is 0 Å². The molecule has 0 spiro atoms. The molecule has 0 aliphatic heterocycles. The number of ether oxygens (including phenoxy) is 1. The van der Waals surface area contributed by atoms with Gasteiger partial charge in [0.15, 0.2) is 6.29 Å². The summed E-state index contributed by atoms with van der Waals surface area (Å²) in [4.78, 5) is 0. The van der Waals surface area contributed by atoms with Gasteiger partial charge in [0.25, 0.3) is 0 Å². The smallest absolute Gasteiger partial charge is 0.155 e. The molecule has 1 fully saturated rings. The van der Waals surface area contributed by atoms with E-state index in [9.17, 15) is 5.11 Å².